The molecule has 0 aliphatic carbocycles. The molecule has 0 saturated heterocycles. The summed E-state index contributed by atoms with van der Waals surface area (Å²) in [6, 6.07) is 2.14. The van der Waals surface area contributed by atoms with Gasteiger partial charge in [0, 0.05) is 23.1 Å². The van der Waals surface area contributed by atoms with Crippen molar-refractivity contribution in [3.05, 3.63) is 45.7 Å². The van der Waals surface area contributed by atoms with E-state index in [4.69, 9.17) is 10.9 Å². The van der Waals surface area contributed by atoms with E-state index in [1.807, 2.05) is 0 Å². The number of nitrogens with two attached hydrogens (primary N) is 1. The maximum atomic E-state index is 11.9. The van der Waals surface area contributed by atoms with Gasteiger partial charge in [0.15, 0.2) is 0 Å². The number of amides is 1. The lowest BCUT2D eigenvalue weighted by Gasteiger charge is -2.09. The molecule has 1 aromatic heterocycles. The van der Waals surface area contributed by atoms with E-state index in [0.29, 0.717) is 23.4 Å². The molecular formula is C14H19N5O4. The Morgan fingerprint density at radius 3 is 2.78 bits per heavy atom. The van der Waals surface area contributed by atoms with Crippen LogP contribution in [0.25, 0.3) is 0 Å². The summed E-state index contributed by atoms with van der Waals surface area (Å²) in [4.78, 5) is 26.2. The molecule has 23 heavy (non-hydrogen) atoms. The lowest BCUT2D eigenvalue weighted by atomic mass is 10.1. The first-order valence-electron chi connectivity index (χ1n) is 6.91. The van der Waals surface area contributed by atoms with Crippen molar-refractivity contribution < 1.29 is 14.9 Å². The maximum absolute atomic E-state index is 11.9. The van der Waals surface area contributed by atoms with E-state index in [9.17, 15) is 14.9 Å². The van der Waals surface area contributed by atoms with Crippen LogP contribution in [-0.4, -0.2) is 39.3 Å². The predicted octanol–water partition coefficient (Wildman–Crippen LogP) is 1.23. The van der Waals surface area contributed by atoms with E-state index in [0.717, 1.165) is 0 Å². The third-order valence-electron chi connectivity index (χ3n) is 3.17. The fraction of sp³-hybridized carbons (Fsp3) is 0.357. The summed E-state index contributed by atoms with van der Waals surface area (Å²) in [5.41, 5.74) is 6.28. The standard InChI is InChI=1S/C14H19N5O4/c1-3-12(19(22)23)9(2)6-11(18-21)8-17-14(20)10-4-5-13(15)16-7-10/h4-7,12,21H,3,8H2,1-2H3,(H2,15,16)(H,17,20)/b9-6+,18-11+. The first kappa shape index (κ1) is 18.1. The van der Waals surface area contributed by atoms with Crippen LogP contribution in [0.1, 0.15) is 30.6 Å². The zero-order chi connectivity index (χ0) is 17.4. The molecule has 1 amide bonds. The van der Waals surface area contributed by atoms with E-state index in [1.165, 1.54) is 24.4 Å². The van der Waals surface area contributed by atoms with Crippen molar-refractivity contribution in [2.24, 2.45) is 5.16 Å². The van der Waals surface area contributed by atoms with Crippen molar-refractivity contribution in [1.82, 2.24) is 10.3 Å². The molecule has 4 N–H and O–H groups in total. The van der Waals surface area contributed by atoms with Crippen molar-refractivity contribution in [3.63, 3.8) is 0 Å². The largest absolute Gasteiger partial charge is 0.411 e. The second-order valence-electron chi connectivity index (χ2n) is 4.84. The van der Waals surface area contributed by atoms with E-state index in [-0.39, 0.29) is 12.3 Å². The molecule has 1 heterocycles. The van der Waals surface area contributed by atoms with Crippen LogP contribution in [-0.2, 0) is 0 Å². The molecule has 0 spiro atoms. The lowest BCUT2D eigenvalue weighted by Crippen LogP contribution is -2.29. The van der Waals surface area contributed by atoms with Gasteiger partial charge in [-0.1, -0.05) is 12.1 Å². The number of pyridine rings is 1. The van der Waals surface area contributed by atoms with Crippen molar-refractivity contribution in [1.29, 1.82) is 0 Å². The third kappa shape index (κ3) is 5.38. The number of carbonyl (C=O) groups excluding carboxylic acids is 1. The molecule has 9 heteroatoms. The predicted molar refractivity (Wildman–Crippen MR) is 85.0 cm³/mol. The number of anilines is 1. The topological polar surface area (TPSA) is 144 Å². The summed E-state index contributed by atoms with van der Waals surface area (Å²) in [6.07, 6.45) is 3.03. The Balaban J connectivity index is 2.72. The van der Waals surface area contributed by atoms with E-state index < -0.39 is 16.9 Å². The molecule has 0 aromatic carbocycles. The van der Waals surface area contributed by atoms with Crippen LogP contribution in [0.15, 0.2) is 35.1 Å². The van der Waals surface area contributed by atoms with Crippen LogP contribution in [0.5, 0.6) is 0 Å². The quantitative estimate of drug-likeness (QED) is 0.298. The minimum atomic E-state index is -0.858. The monoisotopic (exact) mass is 321 g/mol. The molecule has 0 fully saturated rings. The van der Waals surface area contributed by atoms with E-state index in [1.54, 1.807) is 13.8 Å². The fourth-order valence-corrected chi connectivity index (χ4v) is 1.92. The SMILES string of the molecule is CCC(/C(C)=C/C(CNC(=O)c1ccc(N)nc1)=N\O)[N+](=O)[O-]. The number of rotatable bonds is 7. The van der Waals surface area contributed by atoms with Gasteiger partial charge in [0.25, 0.3) is 5.91 Å². The Hall–Kier alpha value is -2.97. The first-order valence-corrected chi connectivity index (χ1v) is 6.91. The molecule has 0 saturated carbocycles. The molecule has 0 bridgehead atoms. The summed E-state index contributed by atoms with van der Waals surface area (Å²) in [5, 5.41) is 25.5. The highest BCUT2D eigenvalue weighted by Crippen LogP contribution is 2.09. The molecule has 124 valence electrons. The summed E-state index contributed by atoms with van der Waals surface area (Å²) in [7, 11) is 0. The zero-order valence-corrected chi connectivity index (χ0v) is 12.9. The summed E-state index contributed by atoms with van der Waals surface area (Å²) < 4.78 is 0. The van der Waals surface area contributed by atoms with Gasteiger partial charge in [0.05, 0.1) is 17.8 Å². The smallest absolute Gasteiger partial charge is 0.253 e. The summed E-state index contributed by atoms with van der Waals surface area (Å²) in [6.45, 7) is 3.19. The molecular weight excluding hydrogens is 302 g/mol. The highest BCUT2D eigenvalue weighted by atomic mass is 16.6. The van der Waals surface area contributed by atoms with Gasteiger partial charge >= 0.3 is 0 Å². The Morgan fingerprint density at radius 1 is 1.61 bits per heavy atom. The highest BCUT2D eigenvalue weighted by molar-refractivity contribution is 6.01. The van der Waals surface area contributed by atoms with Crippen molar-refractivity contribution in [2.75, 3.05) is 12.3 Å². The van der Waals surface area contributed by atoms with Crippen LogP contribution >= 0.6 is 0 Å². The number of nitrogen functional groups attached to an aromatic ring is 1. The van der Waals surface area contributed by atoms with E-state index in [2.05, 4.69) is 15.5 Å². The Bertz CT molecular complexity index is 625. The fourth-order valence-electron chi connectivity index (χ4n) is 1.92. The normalized spacial score (nSPS) is 13.5. The van der Waals surface area contributed by atoms with Gasteiger partial charge in [-0.15, -0.1) is 0 Å². The Labute approximate surface area is 133 Å². The zero-order valence-electron chi connectivity index (χ0n) is 12.9. The average molecular weight is 321 g/mol. The number of nitrogens with one attached hydrogen (secondary N) is 1. The van der Waals surface area contributed by atoms with Gasteiger partial charge < -0.3 is 16.3 Å². The van der Waals surface area contributed by atoms with Gasteiger partial charge in [-0.2, -0.15) is 0 Å². The molecule has 1 aromatic rings. The van der Waals surface area contributed by atoms with Crippen LogP contribution in [0.3, 0.4) is 0 Å². The highest BCUT2D eigenvalue weighted by Gasteiger charge is 2.20. The lowest BCUT2D eigenvalue weighted by molar-refractivity contribution is -0.512. The second kappa shape index (κ2) is 8.47. The van der Waals surface area contributed by atoms with Crippen molar-refractivity contribution in [2.45, 2.75) is 26.3 Å². The average Bonchev–Trinajstić information content (AvgIpc) is 2.52. The molecule has 0 aliphatic heterocycles. The maximum Gasteiger partial charge on any atom is 0.253 e. The Morgan fingerprint density at radius 2 is 2.30 bits per heavy atom. The molecule has 0 aliphatic rings. The molecule has 0 radical (unpaired) electrons. The van der Waals surface area contributed by atoms with Crippen LogP contribution in [0.2, 0.25) is 0 Å². The minimum Gasteiger partial charge on any atom is -0.411 e. The van der Waals surface area contributed by atoms with E-state index >= 15 is 0 Å². The van der Waals surface area contributed by atoms with Crippen molar-refractivity contribution >= 4 is 17.4 Å². The molecule has 1 unspecified atom stereocenters. The number of hydrogen-bond acceptors (Lipinski definition) is 7. The summed E-state index contributed by atoms with van der Waals surface area (Å²) >= 11 is 0. The number of nitro groups is 1. The second-order valence-corrected chi connectivity index (χ2v) is 4.84. The molecule has 1 rings (SSSR count). The van der Waals surface area contributed by atoms with Gasteiger partial charge in [-0.25, -0.2) is 4.98 Å². The third-order valence-corrected chi connectivity index (χ3v) is 3.17. The van der Waals surface area contributed by atoms with Crippen LogP contribution < -0.4 is 11.1 Å². The van der Waals surface area contributed by atoms with Crippen LogP contribution in [0.4, 0.5) is 5.82 Å². The van der Waals surface area contributed by atoms with Gasteiger partial charge in [0.2, 0.25) is 6.04 Å². The Kier molecular flexibility index (Phi) is 6.66. The van der Waals surface area contributed by atoms with Gasteiger partial charge in [-0.3, -0.25) is 14.9 Å². The van der Waals surface area contributed by atoms with Crippen molar-refractivity contribution in [3.8, 4) is 0 Å². The number of aromatic nitrogens is 1. The first-order chi connectivity index (χ1) is 10.9. The molecule has 1 atom stereocenters. The number of hydrogen-bond donors (Lipinski definition) is 3. The number of carbonyl (C=O) groups is 1. The van der Waals surface area contributed by atoms with Crippen LogP contribution in [0, 0.1) is 10.1 Å². The van der Waals surface area contributed by atoms with Gasteiger partial charge in [0.1, 0.15) is 5.82 Å². The number of nitrogens with zero attached hydrogens (tertiary/aromatic N) is 3. The van der Waals surface area contributed by atoms with Gasteiger partial charge in [-0.05, 0) is 25.1 Å². The summed E-state index contributed by atoms with van der Waals surface area (Å²) in [5.74, 6) is -0.130. The number of oxime groups is 1. The minimum absolute atomic E-state index is 0.0782. The molecule has 9 nitrogen and oxygen atoms in total.